The number of rotatable bonds is 9. The van der Waals surface area contributed by atoms with Gasteiger partial charge in [-0.15, -0.1) is 0 Å². The van der Waals surface area contributed by atoms with Crippen LogP contribution in [0.15, 0.2) is 61.1 Å². The Labute approximate surface area is 195 Å². The van der Waals surface area contributed by atoms with Gasteiger partial charge in [0.15, 0.2) is 0 Å². The predicted molar refractivity (Wildman–Crippen MR) is 121 cm³/mol. The van der Waals surface area contributed by atoms with Gasteiger partial charge in [0.25, 0.3) is 0 Å². The highest BCUT2D eigenvalue weighted by molar-refractivity contribution is 5.89. The number of aromatic nitrogens is 2. The van der Waals surface area contributed by atoms with Crippen molar-refractivity contribution in [1.29, 1.82) is 0 Å². The number of H-pyrrole nitrogens is 1. The van der Waals surface area contributed by atoms with E-state index in [1.807, 2.05) is 48.5 Å². The van der Waals surface area contributed by atoms with Crippen molar-refractivity contribution in [1.82, 2.24) is 20.6 Å². The van der Waals surface area contributed by atoms with Crippen LogP contribution in [0.3, 0.4) is 0 Å². The fourth-order valence-corrected chi connectivity index (χ4v) is 4.07. The maximum absolute atomic E-state index is 12.7. The molecule has 0 aliphatic heterocycles. The number of fused-ring (bicyclic) bond motifs is 3. The molecule has 0 radical (unpaired) electrons. The highest BCUT2D eigenvalue weighted by Gasteiger charge is 2.31. The third-order valence-electron chi connectivity index (χ3n) is 5.73. The fourth-order valence-electron chi connectivity index (χ4n) is 4.07. The Morgan fingerprint density at radius 1 is 1.00 bits per heavy atom. The van der Waals surface area contributed by atoms with Crippen LogP contribution in [0.1, 0.15) is 22.7 Å². The van der Waals surface area contributed by atoms with Crippen molar-refractivity contribution in [2.24, 2.45) is 0 Å². The van der Waals surface area contributed by atoms with Crippen molar-refractivity contribution in [3.8, 4) is 11.1 Å². The minimum atomic E-state index is -1.50. The third-order valence-corrected chi connectivity index (χ3v) is 5.73. The van der Waals surface area contributed by atoms with E-state index in [1.165, 1.54) is 12.5 Å². The normalized spacial score (nSPS) is 13.9. The number of carboxylic acids is 1. The van der Waals surface area contributed by atoms with Gasteiger partial charge in [-0.1, -0.05) is 48.5 Å². The molecule has 0 saturated carbocycles. The van der Waals surface area contributed by atoms with Crippen LogP contribution in [-0.2, 0) is 20.7 Å². The van der Waals surface area contributed by atoms with Gasteiger partial charge in [-0.25, -0.2) is 14.6 Å². The molecule has 5 N–H and O–H groups in total. The van der Waals surface area contributed by atoms with Crippen molar-refractivity contribution in [3.05, 3.63) is 77.9 Å². The molecule has 0 spiro atoms. The number of nitrogens with one attached hydrogen (secondary N) is 3. The summed E-state index contributed by atoms with van der Waals surface area (Å²) in [5, 5.41) is 23.0. The molecule has 2 atom stereocenters. The van der Waals surface area contributed by atoms with Crippen molar-refractivity contribution in [2.45, 2.75) is 24.4 Å². The second kappa shape index (κ2) is 10.2. The average molecular weight is 464 g/mol. The Morgan fingerprint density at radius 3 is 2.21 bits per heavy atom. The zero-order valence-corrected chi connectivity index (χ0v) is 18.1. The third kappa shape index (κ3) is 4.91. The first-order valence-corrected chi connectivity index (χ1v) is 10.7. The van der Waals surface area contributed by atoms with Crippen molar-refractivity contribution in [2.75, 3.05) is 13.2 Å². The maximum Gasteiger partial charge on any atom is 0.407 e. The minimum Gasteiger partial charge on any atom is -0.480 e. The van der Waals surface area contributed by atoms with Crippen LogP contribution in [-0.4, -0.2) is 63.4 Å². The number of benzene rings is 2. The molecule has 2 aromatic carbocycles. The molecule has 1 aromatic heterocycles. The van der Waals surface area contributed by atoms with E-state index in [9.17, 15) is 19.5 Å². The number of carbonyl (C=O) groups excluding carboxylic acids is 2. The number of ether oxygens (including phenoxy) is 1. The zero-order chi connectivity index (χ0) is 24.1. The lowest BCUT2D eigenvalue weighted by Gasteiger charge is -2.21. The van der Waals surface area contributed by atoms with Crippen LogP contribution in [0.5, 0.6) is 0 Å². The summed E-state index contributed by atoms with van der Waals surface area (Å²) in [6.45, 7) is -0.727. The Balaban J connectivity index is 1.45. The molecule has 1 unspecified atom stereocenters. The van der Waals surface area contributed by atoms with Crippen LogP contribution in [0, 0.1) is 0 Å². The number of aliphatic hydroxyl groups is 1. The quantitative estimate of drug-likeness (QED) is 0.321. The summed E-state index contributed by atoms with van der Waals surface area (Å²) in [6, 6.07) is 13.2. The average Bonchev–Trinajstić information content (AvgIpc) is 3.46. The topological polar surface area (TPSA) is 154 Å². The molecular formula is C24H24N4O6. The lowest BCUT2D eigenvalue weighted by Crippen LogP contribution is -2.53. The van der Waals surface area contributed by atoms with Crippen LogP contribution < -0.4 is 10.6 Å². The number of alkyl carbamates (subject to hydrolysis) is 1. The van der Waals surface area contributed by atoms with E-state index < -0.39 is 36.7 Å². The molecule has 1 aliphatic rings. The SMILES string of the molecule is O=C(N[C@@H](Cc1cnc[nH]1)C(=O)NC(CO)C(=O)O)OCC1c2ccccc2-c2ccccc21. The van der Waals surface area contributed by atoms with E-state index in [-0.39, 0.29) is 18.9 Å². The van der Waals surface area contributed by atoms with Gasteiger partial charge in [-0.2, -0.15) is 0 Å². The molecule has 0 saturated heterocycles. The lowest BCUT2D eigenvalue weighted by molar-refractivity contribution is -0.143. The first-order valence-electron chi connectivity index (χ1n) is 10.7. The second-order valence-electron chi connectivity index (χ2n) is 7.89. The molecule has 10 nitrogen and oxygen atoms in total. The van der Waals surface area contributed by atoms with Gasteiger partial charge in [-0.3, -0.25) is 4.79 Å². The molecule has 176 valence electrons. The van der Waals surface area contributed by atoms with E-state index >= 15 is 0 Å². The van der Waals surface area contributed by atoms with Crippen molar-refractivity contribution < 1.29 is 29.3 Å². The smallest absolute Gasteiger partial charge is 0.407 e. The molecule has 0 bridgehead atoms. The maximum atomic E-state index is 12.7. The Kier molecular flexibility index (Phi) is 6.88. The van der Waals surface area contributed by atoms with Crippen molar-refractivity contribution >= 4 is 18.0 Å². The first kappa shape index (κ1) is 23.0. The molecule has 10 heteroatoms. The summed E-state index contributed by atoms with van der Waals surface area (Å²) < 4.78 is 5.50. The first-order chi connectivity index (χ1) is 16.5. The van der Waals surface area contributed by atoms with E-state index in [4.69, 9.17) is 9.84 Å². The monoisotopic (exact) mass is 464 g/mol. The lowest BCUT2D eigenvalue weighted by atomic mass is 9.98. The second-order valence-corrected chi connectivity index (χ2v) is 7.89. The number of hydrogen-bond acceptors (Lipinski definition) is 6. The summed E-state index contributed by atoms with van der Waals surface area (Å²) in [5.74, 6) is -2.31. The molecule has 34 heavy (non-hydrogen) atoms. The number of carbonyl (C=O) groups is 3. The fraction of sp³-hybridized carbons (Fsp3) is 0.250. The van der Waals surface area contributed by atoms with E-state index in [0.29, 0.717) is 5.69 Å². The number of imidazole rings is 1. The molecule has 4 rings (SSSR count). The zero-order valence-electron chi connectivity index (χ0n) is 18.1. The van der Waals surface area contributed by atoms with Crippen LogP contribution in [0.2, 0.25) is 0 Å². The van der Waals surface area contributed by atoms with Gasteiger partial charge in [0.05, 0.1) is 12.9 Å². The number of aliphatic carboxylic acids is 1. The largest absolute Gasteiger partial charge is 0.480 e. The van der Waals surface area contributed by atoms with Gasteiger partial charge in [0.1, 0.15) is 18.7 Å². The van der Waals surface area contributed by atoms with Gasteiger partial charge < -0.3 is 30.6 Å². The number of aliphatic hydroxyl groups excluding tert-OH is 1. The number of amides is 2. The van der Waals surface area contributed by atoms with E-state index in [2.05, 4.69) is 20.6 Å². The molecule has 3 aromatic rings. The molecular weight excluding hydrogens is 440 g/mol. The highest BCUT2D eigenvalue weighted by Crippen LogP contribution is 2.44. The summed E-state index contributed by atoms with van der Waals surface area (Å²) >= 11 is 0. The summed E-state index contributed by atoms with van der Waals surface area (Å²) in [4.78, 5) is 43.2. The predicted octanol–water partition coefficient (Wildman–Crippen LogP) is 1.42. The molecule has 1 aliphatic carbocycles. The number of carboxylic acid groups (broad SMARTS) is 1. The Hall–Kier alpha value is -4.18. The Bertz CT molecular complexity index is 1130. The minimum absolute atomic E-state index is 0.0216. The van der Waals surface area contributed by atoms with Gasteiger partial charge in [0, 0.05) is 24.2 Å². The summed E-state index contributed by atoms with van der Waals surface area (Å²) in [5.41, 5.74) is 4.83. The van der Waals surface area contributed by atoms with Crippen molar-refractivity contribution in [3.63, 3.8) is 0 Å². The van der Waals surface area contributed by atoms with Gasteiger partial charge in [-0.05, 0) is 22.3 Å². The molecule has 2 amide bonds. The number of nitrogens with zero attached hydrogens (tertiary/aromatic N) is 1. The van der Waals surface area contributed by atoms with Gasteiger partial charge in [0.2, 0.25) is 5.91 Å². The van der Waals surface area contributed by atoms with Gasteiger partial charge >= 0.3 is 12.1 Å². The van der Waals surface area contributed by atoms with Crippen LogP contribution in [0.4, 0.5) is 4.79 Å². The molecule has 1 heterocycles. The van der Waals surface area contributed by atoms with E-state index in [0.717, 1.165) is 22.3 Å². The molecule has 0 fully saturated rings. The Morgan fingerprint density at radius 2 is 1.65 bits per heavy atom. The summed E-state index contributed by atoms with van der Waals surface area (Å²) in [6.07, 6.45) is 2.11. The summed E-state index contributed by atoms with van der Waals surface area (Å²) in [7, 11) is 0. The standard InChI is InChI=1S/C24H24N4O6/c29-11-21(23(31)32)27-22(30)20(9-14-10-25-13-26-14)28-24(33)34-12-19-17-7-3-1-5-15(17)16-6-2-4-8-18(16)19/h1-8,10,13,19-21,29H,9,11-12H2,(H,25,26)(H,27,30)(H,28,33)(H,31,32)/t20-,21?/m0/s1. The highest BCUT2D eigenvalue weighted by atomic mass is 16.5. The number of aromatic amines is 1. The number of hydrogen-bond donors (Lipinski definition) is 5. The van der Waals surface area contributed by atoms with E-state index in [1.54, 1.807) is 0 Å². The van der Waals surface area contributed by atoms with Crippen LogP contribution in [0.25, 0.3) is 11.1 Å². The van der Waals surface area contributed by atoms with Crippen LogP contribution >= 0.6 is 0 Å².